The highest BCUT2D eigenvalue weighted by Crippen LogP contribution is 2.38. The molecule has 0 bridgehead atoms. The number of hydrogen-bond acceptors (Lipinski definition) is 2. The van der Waals surface area contributed by atoms with Crippen molar-refractivity contribution >= 4 is 21.4 Å². The summed E-state index contributed by atoms with van der Waals surface area (Å²) in [5.41, 5.74) is 0. The average molecular weight is 245 g/mol. The average Bonchev–Trinajstić information content (AvgIpc) is 2.71. The number of hydrogen-bond donors (Lipinski definition) is 1. The largest absolute Gasteiger partial charge is 0.312 e. The van der Waals surface area contributed by atoms with Crippen LogP contribution in [0.15, 0.2) is 30.3 Å². The van der Waals surface area contributed by atoms with Gasteiger partial charge in [0.15, 0.2) is 0 Å². The third-order valence-corrected chi connectivity index (χ3v) is 5.16. The second kappa shape index (κ2) is 4.79. The number of fused-ring (bicyclic) bond motifs is 1. The summed E-state index contributed by atoms with van der Waals surface area (Å²) < 4.78 is 1.41. The molecule has 1 N–H and O–H groups in total. The lowest BCUT2D eigenvalue weighted by Gasteiger charge is -2.29. The van der Waals surface area contributed by atoms with Crippen LogP contribution in [-0.4, -0.2) is 7.05 Å². The minimum Gasteiger partial charge on any atom is -0.312 e. The molecule has 0 aliphatic heterocycles. The Labute approximate surface area is 107 Å². The molecule has 1 nitrogen and oxygen atoms in total. The zero-order valence-corrected chi connectivity index (χ0v) is 11.1. The Balaban J connectivity index is 1.84. The van der Waals surface area contributed by atoms with E-state index in [1.165, 1.54) is 40.6 Å². The van der Waals surface area contributed by atoms with Crippen molar-refractivity contribution in [1.29, 1.82) is 0 Å². The summed E-state index contributed by atoms with van der Waals surface area (Å²) in [7, 11) is 2.09. The number of nitrogens with one attached hydrogen (secondary N) is 1. The SMILES string of the molecule is CNC(CC1CCC1)c1cc2ccccc2s1. The van der Waals surface area contributed by atoms with Gasteiger partial charge in [0.25, 0.3) is 0 Å². The van der Waals surface area contributed by atoms with E-state index in [0.717, 1.165) is 5.92 Å². The Hall–Kier alpha value is -0.860. The van der Waals surface area contributed by atoms with E-state index < -0.39 is 0 Å². The Morgan fingerprint density at radius 1 is 1.35 bits per heavy atom. The number of thiophene rings is 1. The molecule has 0 spiro atoms. The summed E-state index contributed by atoms with van der Waals surface area (Å²) in [5.74, 6) is 0.956. The predicted molar refractivity (Wildman–Crippen MR) is 75.6 cm³/mol. The van der Waals surface area contributed by atoms with Gasteiger partial charge in [0.1, 0.15) is 0 Å². The molecule has 3 rings (SSSR count). The van der Waals surface area contributed by atoms with Crippen LogP contribution in [0.25, 0.3) is 10.1 Å². The summed E-state index contributed by atoms with van der Waals surface area (Å²) in [5, 5.41) is 4.88. The Kier molecular flexibility index (Phi) is 3.17. The number of rotatable bonds is 4. The first-order chi connectivity index (χ1) is 8.36. The molecule has 2 aromatic rings. The molecule has 2 heteroatoms. The maximum Gasteiger partial charge on any atom is 0.0415 e. The highest BCUT2D eigenvalue weighted by Gasteiger charge is 2.23. The zero-order valence-electron chi connectivity index (χ0n) is 10.3. The molecule has 0 radical (unpaired) electrons. The van der Waals surface area contributed by atoms with E-state index in [0.29, 0.717) is 6.04 Å². The van der Waals surface area contributed by atoms with Crippen LogP contribution >= 0.6 is 11.3 Å². The van der Waals surface area contributed by atoms with E-state index in [9.17, 15) is 0 Å². The summed E-state index contributed by atoms with van der Waals surface area (Å²) >= 11 is 1.94. The highest BCUT2D eigenvalue weighted by molar-refractivity contribution is 7.19. The molecule has 1 aliphatic carbocycles. The minimum absolute atomic E-state index is 0.553. The summed E-state index contributed by atoms with van der Waals surface area (Å²) in [4.78, 5) is 1.50. The Bertz CT molecular complexity index is 465. The van der Waals surface area contributed by atoms with E-state index in [1.54, 1.807) is 0 Å². The monoisotopic (exact) mass is 245 g/mol. The van der Waals surface area contributed by atoms with Gasteiger partial charge in [-0.15, -0.1) is 11.3 Å². The van der Waals surface area contributed by atoms with Gasteiger partial charge in [0, 0.05) is 15.6 Å². The van der Waals surface area contributed by atoms with Crippen molar-refractivity contribution < 1.29 is 0 Å². The molecule has 1 unspecified atom stereocenters. The second-order valence-electron chi connectivity index (χ2n) is 5.06. The maximum atomic E-state index is 3.49. The van der Waals surface area contributed by atoms with Crippen LogP contribution < -0.4 is 5.32 Å². The fraction of sp³-hybridized carbons (Fsp3) is 0.467. The molecule has 1 aliphatic rings. The highest BCUT2D eigenvalue weighted by atomic mass is 32.1. The van der Waals surface area contributed by atoms with E-state index in [1.807, 2.05) is 11.3 Å². The molecule has 1 atom stereocenters. The molecule has 17 heavy (non-hydrogen) atoms. The van der Waals surface area contributed by atoms with Gasteiger partial charge in [0.2, 0.25) is 0 Å². The van der Waals surface area contributed by atoms with Crippen LogP contribution in [0.3, 0.4) is 0 Å². The van der Waals surface area contributed by atoms with Gasteiger partial charge in [-0.05, 0) is 36.9 Å². The van der Waals surface area contributed by atoms with Gasteiger partial charge in [0.05, 0.1) is 0 Å². The standard InChI is InChI=1S/C15H19NS/c1-16-13(9-11-5-4-6-11)15-10-12-7-2-3-8-14(12)17-15/h2-3,7-8,10-11,13,16H,4-6,9H2,1H3. The van der Waals surface area contributed by atoms with E-state index >= 15 is 0 Å². The third kappa shape index (κ3) is 2.24. The molecule has 0 saturated heterocycles. The smallest absolute Gasteiger partial charge is 0.0415 e. The minimum atomic E-state index is 0.553. The van der Waals surface area contributed by atoms with Crippen LogP contribution in [0, 0.1) is 5.92 Å². The summed E-state index contributed by atoms with van der Waals surface area (Å²) in [6.07, 6.45) is 5.61. The van der Waals surface area contributed by atoms with Gasteiger partial charge in [-0.25, -0.2) is 0 Å². The first-order valence-corrected chi connectivity index (χ1v) is 7.34. The lowest BCUT2D eigenvalue weighted by atomic mass is 9.80. The van der Waals surface area contributed by atoms with Crippen LogP contribution in [0.2, 0.25) is 0 Å². The van der Waals surface area contributed by atoms with Crippen LogP contribution in [0.5, 0.6) is 0 Å². The van der Waals surface area contributed by atoms with Crippen LogP contribution in [0.4, 0.5) is 0 Å². The molecule has 0 amide bonds. The molecule has 1 heterocycles. The first-order valence-electron chi connectivity index (χ1n) is 6.52. The lowest BCUT2D eigenvalue weighted by molar-refractivity contribution is 0.267. The van der Waals surface area contributed by atoms with Crippen molar-refractivity contribution in [3.8, 4) is 0 Å². The Morgan fingerprint density at radius 2 is 2.18 bits per heavy atom. The van der Waals surface area contributed by atoms with E-state index in [-0.39, 0.29) is 0 Å². The fourth-order valence-electron chi connectivity index (χ4n) is 2.61. The lowest BCUT2D eigenvalue weighted by Crippen LogP contribution is -2.22. The van der Waals surface area contributed by atoms with Crippen molar-refractivity contribution in [1.82, 2.24) is 5.32 Å². The molecule has 1 fully saturated rings. The van der Waals surface area contributed by atoms with Crippen molar-refractivity contribution in [2.45, 2.75) is 31.7 Å². The molecular formula is C15H19NS. The van der Waals surface area contributed by atoms with E-state index in [4.69, 9.17) is 0 Å². The Morgan fingerprint density at radius 3 is 2.82 bits per heavy atom. The van der Waals surface area contributed by atoms with Gasteiger partial charge >= 0.3 is 0 Å². The van der Waals surface area contributed by atoms with E-state index in [2.05, 4.69) is 42.7 Å². The van der Waals surface area contributed by atoms with Gasteiger partial charge in [-0.3, -0.25) is 0 Å². The summed E-state index contributed by atoms with van der Waals surface area (Å²) in [6, 6.07) is 11.6. The van der Waals surface area contributed by atoms with Gasteiger partial charge in [-0.2, -0.15) is 0 Å². The first kappa shape index (κ1) is 11.2. The van der Waals surface area contributed by atoms with Crippen molar-refractivity contribution in [3.05, 3.63) is 35.2 Å². The normalized spacial score (nSPS) is 18.2. The maximum absolute atomic E-state index is 3.49. The van der Waals surface area contributed by atoms with Crippen molar-refractivity contribution in [2.75, 3.05) is 7.05 Å². The predicted octanol–water partition coefficient (Wildman–Crippen LogP) is 4.35. The van der Waals surface area contributed by atoms with Gasteiger partial charge < -0.3 is 5.32 Å². The van der Waals surface area contributed by atoms with Crippen LogP contribution in [-0.2, 0) is 0 Å². The molecule has 90 valence electrons. The topological polar surface area (TPSA) is 12.0 Å². The van der Waals surface area contributed by atoms with Crippen LogP contribution in [0.1, 0.15) is 36.6 Å². The number of benzene rings is 1. The molecular weight excluding hydrogens is 226 g/mol. The third-order valence-electron chi connectivity index (χ3n) is 3.93. The van der Waals surface area contributed by atoms with Crippen molar-refractivity contribution in [2.24, 2.45) is 5.92 Å². The quantitative estimate of drug-likeness (QED) is 0.844. The molecule has 1 aromatic heterocycles. The molecule has 1 aromatic carbocycles. The summed E-state index contributed by atoms with van der Waals surface area (Å²) in [6.45, 7) is 0. The second-order valence-corrected chi connectivity index (χ2v) is 6.18. The van der Waals surface area contributed by atoms with Gasteiger partial charge in [-0.1, -0.05) is 37.5 Å². The fourth-order valence-corrected chi connectivity index (χ4v) is 3.80. The molecule has 1 saturated carbocycles. The van der Waals surface area contributed by atoms with Crippen molar-refractivity contribution in [3.63, 3.8) is 0 Å². The zero-order chi connectivity index (χ0) is 11.7.